The van der Waals surface area contributed by atoms with Gasteiger partial charge in [-0.2, -0.15) is 5.10 Å². The van der Waals surface area contributed by atoms with Crippen molar-refractivity contribution in [3.8, 4) is 5.75 Å². The maximum absolute atomic E-state index is 12.5. The number of benzene rings is 1. The molecule has 0 spiro atoms. The summed E-state index contributed by atoms with van der Waals surface area (Å²) < 4.78 is 12.9. The number of aromatic nitrogens is 2. The Kier molecular flexibility index (Phi) is 7.44. The first-order valence-corrected chi connectivity index (χ1v) is 8.47. The van der Waals surface area contributed by atoms with E-state index in [-0.39, 0.29) is 24.4 Å². The number of carbonyl (C=O) groups is 1. The Morgan fingerprint density at radius 3 is 2.77 bits per heavy atom. The average Bonchev–Trinajstić information content (AvgIpc) is 3.27. The largest absolute Gasteiger partial charge is 0.491 e. The SMILES string of the molecule is CNC(C(=O)Nc1ccc(OCC2CCCO2)cc1)c1cnn(C)c1.Cl. The molecule has 1 aliphatic heterocycles. The minimum atomic E-state index is -0.454. The molecule has 26 heavy (non-hydrogen) atoms. The lowest BCUT2D eigenvalue weighted by atomic mass is 10.1. The number of hydrogen-bond donors (Lipinski definition) is 2. The number of halogens is 1. The zero-order valence-corrected chi connectivity index (χ0v) is 15.8. The number of ether oxygens (including phenoxy) is 2. The molecule has 2 unspecified atom stereocenters. The fourth-order valence-corrected chi connectivity index (χ4v) is 2.85. The van der Waals surface area contributed by atoms with Gasteiger partial charge in [0.05, 0.1) is 12.3 Å². The van der Waals surface area contributed by atoms with Gasteiger partial charge >= 0.3 is 0 Å². The average molecular weight is 381 g/mol. The standard InChI is InChI=1S/C18H24N4O3.ClH/c1-19-17(13-10-20-22(2)11-13)18(23)21-14-5-7-15(8-6-14)25-12-16-4-3-9-24-16;/h5-8,10-11,16-17,19H,3-4,9,12H2,1-2H3,(H,21,23);1H. The van der Waals surface area contributed by atoms with Crippen molar-refractivity contribution in [3.05, 3.63) is 42.2 Å². The molecule has 0 radical (unpaired) electrons. The van der Waals surface area contributed by atoms with E-state index in [4.69, 9.17) is 9.47 Å². The lowest BCUT2D eigenvalue weighted by Gasteiger charge is -2.15. The maximum atomic E-state index is 12.5. The van der Waals surface area contributed by atoms with Gasteiger partial charge in [-0.3, -0.25) is 9.48 Å². The molecule has 142 valence electrons. The minimum absolute atomic E-state index is 0. The second kappa shape index (κ2) is 9.56. The highest BCUT2D eigenvalue weighted by molar-refractivity contribution is 5.95. The molecule has 1 fully saturated rings. The van der Waals surface area contributed by atoms with Gasteiger partial charge in [-0.15, -0.1) is 12.4 Å². The molecule has 0 bridgehead atoms. The van der Waals surface area contributed by atoms with Gasteiger partial charge in [0.1, 0.15) is 18.4 Å². The second-order valence-electron chi connectivity index (χ2n) is 6.13. The third kappa shape index (κ3) is 5.20. The lowest BCUT2D eigenvalue weighted by Crippen LogP contribution is -2.30. The molecule has 1 aromatic heterocycles. The summed E-state index contributed by atoms with van der Waals surface area (Å²) >= 11 is 0. The lowest BCUT2D eigenvalue weighted by molar-refractivity contribution is -0.118. The van der Waals surface area contributed by atoms with Crippen molar-refractivity contribution in [2.75, 3.05) is 25.6 Å². The molecule has 7 nitrogen and oxygen atoms in total. The molecule has 2 N–H and O–H groups in total. The van der Waals surface area contributed by atoms with Crippen LogP contribution in [-0.4, -0.2) is 42.1 Å². The molecule has 0 aliphatic carbocycles. The molecule has 2 aromatic rings. The van der Waals surface area contributed by atoms with Crippen LogP contribution in [0.2, 0.25) is 0 Å². The Bertz CT molecular complexity index is 699. The Morgan fingerprint density at radius 1 is 1.42 bits per heavy atom. The van der Waals surface area contributed by atoms with E-state index in [1.807, 2.05) is 37.5 Å². The minimum Gasteiger partial charge on any atom is -0.491 e. The third-order valence-electron chi connectivity index (χ3n) is 4.19. The molecule has 1 amide bonds. The fraction of sp³-hybridized carbons (Fsp3) is 0.444. The van der Waals surface area contributed by atoms with Crippen molar-refractivity contribution < 1.29 is 14.3 Å². The van der Waals surface area contributed by atoms with Gasteiger partial charge in [0, 0.05) is 31.1 Å². The van der Waals surface area contributed by atoms with Gasteiger partial charge in [0.15, 0.2) is 0 Å². The number of nitrogens with zero attached hydrogens (tertiary/aromatic N) is 2. The highest BCUT2D eigenvalue weighted by Gasteiger charge is 2.20. The summed E-state index contributed by atoms with van der Waals surface area (Å²) in [6.07, 6.45) is 5.84. The smallest absolute Gasteiger partial charge is 0.246 e. The summed E-state index contributed by atoms with van der Waals surface area (Å²) in [5.74, 6) is 0.634. The van der Waals surface area contributed by atoms with E-state index in [2.05, 4.69) is 15.7 Å². The summed E-state index contributed by atoms with van der Waals surface area (Å²) in [4.78, 5) is 12.5. The van der Waals surface area contributed by atoms with Crippen molar-refractivity contribution in [2.24, 2.45) is 7.05 Å². The Morgan fingerprint density at radius 2 is 2.19 bits per heavy atom. The second-order valence-corrected chi connectivity index (χ2v) is 6.13. The Balaban J connectivity index is 0.00000243. The Hall–Kier alpha value is -2.09. The number of anilines is 1. The van der Waals surface area contributed by atoms with Crippen LogP contribution < -0.4 is 15.4 Å². The Labute approximate surface area is 159 Å². The van der Waals surface area contributed by atoms with E-state index < -0.39 is 6.04 Å². The summed E-state index contributed by atoms with van der Waals surface area (Å²) in [6.45, 7) is 1.39. The van der Waals surface area contributed by atoms with Crippen LogP contribution >= 0.6 is 12.4 Å². The van der Waals surface area contributed by atoms with Crippen molar-refractivity contribution in [3.63, 3.8) is 0 Å². The van der Waals surface area contributed by atoms with Crippen LogP contribution in [-0.2, 0) is 16.6 Å². The highest BCUT2D eigenvalue weighted by Crippen LogP contribution is 2.20. The first kappa shape index (κ1) is 20.2. The van der Waals surface area contributed by atoms with Crippen LogP contribution in [0.15, 0.2) is 36.7 Å². The molecule has 2 atom stereocenters. The van der Waals surface area contributed by atoms with Crippen molar-refractivity contribution >= 4 is 24.0 Å². The van der Waals surface area contributed by atoms with Crippen LogP contribution in [0, 0.1) is 0 Å². The van der Waals surface area contributed by atoms with Gasteiger partial charge in [0.25, 0.3) is 0 Å². The number of amides is 1. The number of likely N-dealkylation sites (N-methyl/N-ethyl adjacent to an activating group) is 1. The van der Waals surface area contributed by atoms with Crippen molar-refractivity contribution in [1.29, 1.82) is 0 Å². The van der Waals surface area contributed by atoms with Gasteiger partial charge in [0.2, 0.25) is 5.91 Å². The number of aryl methyl sites for hydroxylation is 1. The summed E-state index contributed by atoms with van der Waals surface area (Å²) in [7, 11) is 3.57. The molecular formula is C18H25ClN4O3. The van der Waals surface area contributed by atoms with E-state index in [9.17, 15) is 4.79 Å². The van der Waals surface area contributed by atoms with Crippen molar-refractivity contribution in [1.82, 2.24) is 15.1 Å². The van der Waals surface area contributed by atoms with E-state index >= 15 is 0 Å². The van der Waals surface area contributed by atoms with Crippen LogP contribution in [0.5, 0.6) is 5.75 Å². The molecule has 1 aromatic carbocycles. The first-order chi connectivity index (χ1) is 12.2. The molecule has 0 saturated carbocycles. The van der Waals surface area contributed by atoms with Crippen LogP contribution in [0.1, 0.15) is 24.4 Å². The van der Waals surface area contributed by atoms with Crippen LogP contribution in [0.4, 0.5) is 5.69 Å². The zero-order chi connectivity index (χ0) is 17.6. The van der Waals surface area contributed by atoms with Crippen LogP contribution in [0.3, 0.4) is 0 Å². The molecule has 1 saturated heterocycles. The third-order valence-corrected chi connectivity index (χ3v) is 4.19. The maximum Gasteiger partial charge on any atom is 0.246 e. The normalized spacial score (nSPS) is 17.4. The zero-order valence-electron chi connectivity index (χ0n) is 15.0. The summed E-state index contributed by atoms with van der Waals surface area (Å²) in [5, 5.41) is 10.0. The first-order valence-electron chi connectivity index (χ1n) is 8.47. The van der Waals surface area contributed by atoms with E-state index in [0.29, 0.717) is 6.61 Å². The molecule has 1 aliphatic rings. The molecule has 8 heteroatoms. The van der Waals surface area contributed by atoms with E-state index in [0.717, 1.165) is 36.4 Å². The molecular weight excluding hydrogens is 356 g/mol. The predicted molar refractivity (Wildman–Crippen MR) is 102 cm³/mol. The summed E-state index contributed by atoms with van der Waals surface area (Å²) in [6, 6.07) is 6.91. The predicted octanol–water partition coefficient (Wildman–Crippen LogP) is 2.30. The monoisotopic (exact) mass is 380 g/mol. The number of rotatable bonds is 7. The number of nitrogens with one attached hydrogen (secondary N) is 2. The van der Waals surface area contributed by atoms with Gasteiger partial charge < -0.3 is 20.1 Å². The fourth-order valence-electron chi connectivity index (χ4n) is 2.85. The van der Waals surface area contributed by atoms with Gasteiger partial charge in [-0.05, 0) is 44.2 Å². The number of carbonyl (C=O) groups excluding carboxylic acids is 1. The quantitative estimate of drug-likeness (QED) is 0.770. The van der Waals surface area contributed by atoms with Crippen LogP contribution in [0.25, 0.3) is 0 Å². The van der Waals surface area contributed by atoms with E-state index in [1.54, 1.807) is 17.9 Å². The topological polar surface area (TPSA) is 77.4 Å². The molecule has 3 rings (SSSR count). The summed E-state index contributed by atoms with van der Waals surface area (Å²) in [5.41, 5.74) is 1.54. The van der Waals surface area contributed by atoms with E-state index in [1.165, 1.54) is 0 Å². The van der Waals surface area contributed by atoms with Gasteiger partial charge in [-0.1, -0.05) is 0 Å². The highest BCUT2D eigenvalue weighted by atomic mass is 35.5. The molecule has 2 heterocycles. The van der Waals surface area contributed by atoms with Crippen molar-refractivity contribution in [2.45, 2.75) is 25.0 Å². The number of hydrogen-bond acceptors (Lipinski definition) is 5. The van der Waals surface area contributed by atoms with Gasteiger partial charge in [-0.25, -0.2) is 0 Å².